The van der Waals surface area contributed by atoms with Crippen molar-refractivity contribution >= 4 is 5.91 Å². The Morgan fingerprint density at radius 1 is 1.11 bits per heavy atom. The first kappa shape index (κ1) is 18.7. The van der Waals surface area contributed by atoms with Crippen LogP contribution in [-0.4, -0.2) is 32.8 Å². The number of aryl methyl sites for hydroxylation is 2. The summed E-state index contributed by atoms with van der Waals surface area (Å²) in [5.41, 5.74) is 4.46. The van der Waals surface area contributed by atoms with Gasteiger partial charge in [-0.1, -0.05) is 31.5 Å². The van der Waals surface area contributed by atoms with Crippen LogP contribution in [0.2, 0.25) is 0 Å². The van der Waals surface area contributed by atoms with Crippen LogP contribution in [0.4, 0.5) is 0 Å². The molecule has 3 aromatic rings. The number of rotatable bonds is 6. The van der Waals surface area contributed by atoms with Crippen LogP contribution in [0.3, 0.4) is 0 Å². The monoisotopic (exact) mass is 360 g/mol. The van der Waals surface area contributed by atoms with Crippen molar-refractivity contribution in [2.24, 2.45) is 0 Å². The molecule has 0 aliphatic carbocycles. The fourth-order valence-electron chi connectivity index (χ4n) is 3.03. The third-order valence-corrected chi connectivity index (χ3v) is 4.29. The fraction of sp³-hybridized carbons (Fsp3) is 0.273. The standard InChI is InChI=1S/C22H24N4O/c1-4-7-20-13-21(25-16(2)24-20)18-9-5-10-19(12-18)22(27)26(3)15-17-8-6-11-23-14-17/h5-6,8-14H,4,7,15H2,1-3H3. The van der Waals surface area contributed by atoms with Crippen molar-refractivity contribution in [3.8, 4) is 11.3 Å². The minimum Gasteiger partial charge on any atom is -0.337 e. The van der Waals surface area contributed by atoms with Gasteiger partial charge in [0.1, 0.15) is 5.82 Å². The van der Waals surface area contributed by atoms with Crippen molar-refractivity contribution < 1.29 is 4.79 Å². The van der Waals surface area contributed by atoms with E-state index < -0.39 is 0 Å². The number of amides is 1. The molecule has 0 unspecified atom stereocenters. The molecule has 1 amide bonds. The lowest BCUT2D eigenvalue weighted by molar-refractivity contribution is 0.0785. The Hall–Kier alpha value is -3.08. The van der Waals surface area contributed by atoms with Crippen LogP contribution in [0.1, 0.15) is 40.8 Å². The molecule has 0 aliphatic rings. The van der Waals surface area contributed by atoms with Crippen LogP contribution in [-0.2, 0) is 13.0 Å². The second kappa shape index (κ2) is 8.54. The van der Waals surface area contributed by atoms with Crippen molar-refractivity contribution in [3.63, 3.8) is 0 Å². The summed E-state index contributed by atoms with van der Waals surface area (Å²) in [5, 5.41) is 0. The first-order chi connectivity index (χ1) is 13.1. The van der Waals surface area contributed by atoms with E-state index in [1.807, 2.05) is 49.4 Å². The molecule has 138 valence electrons. The zero-order valence-corrected chi connectivity index (χ0v) is 16.0. The van der Waals surface area contributed by atoms with Gasteiger partial charge in [-0.05, 0) is 43.2 Å². The number of nitrogens with zero attached hydrogens (tertiary/aromatic N) is 4. The van der Waals surface area contributed by atoms with Crippen molar-refractivity contribution in [1.29, 1.82) is 0 Å². The van der Waals surface area contributed by atoms with Crippen LogP contribution in [0.15, 0.2) is 54.9 Å². The SMILES string of the molecule is CCCc1cc(-c2cccc(C(=O)N(C)Cc3cccnc3)c2)nc(C)n1. The number of benzene rings is 1. The summed E-state index contributed by atoms with van der Waals surface area (Å²) in [7, 11) is 1.80. The molecule has 0 N–H and O–H groups in total. The van der Waals surface area contributed by atoms with Gasteiger partial charge >= 0.3 is 0 Å². The van der Waals surface area contributed by atoms with Gasteiger partial charge in [0.05, 0.1) is 5.69 Å². The molecule has 2 heterocycles. The molecule has 0 atom stereocenters. The summed E-state index contributed by atoms with van der Waals surface area (Å²) in [5.74, 6) is 0.724. The van der Waals surface area contributed by atoms with E-state index in [9.17, 15) is 4.79 Å². The highest BCUT2D eigenvalue weighted by Crippen LogP contribution is 2.21. The summed E-state index contributed by atoms with van der Waals surface area (Å²) < 4.78 is 0. The van der Waals surface area contributed by atoms with Crippen molar-refractivity contribution in [3.05, 3.63) is 77.5 Å². The Labute approximate surface area is 160 Å². The molecule has 0 aliphatic heterocycles. The normalized spacial score (nSPS) is 10.6. The van der Waals surface area contributed by atoms with Crippen LogP contribution < -0.4 is 0 Å². The first-order valence-corrected chi connectivity index (χ1v) is 9.16. The number of pyridine rings is 1. The summed E-state index contributed by atoms with van der Waals surface area (Å²) >= 11 is 0. The highest BCUT2D eigenvalue weighted by molar-refractivity contribution is 5.95. The van der Waals surface area contributed by atoms with E-state index in [-0.39, 0.29) is 5.91 Å². The fourth-order valence-corrected chi connectivity index (χ4v) is 3.03. The van der Waals surface area contributed by atoms with Gasteiger partial charge in [-0.2, -0.15) is 0 Å². The third kappa shape index (κ3) is 4.76. The summed E-state index contributed by atoms with van der Waals surface area (Å²) in [6.45, 7) is 4.55. The van der Waals surface area contributed by atoms with Crippen LogP contribution in [0, 0.1) is 6.92 Å². The Balaban J connectivity index is 1.84. The van der Waals surface area contributed by atoms with Gasteiger partial charge in [-0.15, -0.1) is 0 Å². The minimum atomic E-state index is -0.0275. The molecule has 1 aromatic carbocycles. The van der Waals surface area contributed by atoms with Crippen LogP contribution >= 0.6 is 0 Å². The lowest BCUT2D eigenvalue weighted by Gasteiger charge is -2.17. The average Bonchev–Trinajstić information content (AvgIpc) is 2.68. The largest absolute Gasteiger partial charge is 0.337 e. The lowest BCUT2D eigenvalue weighted by atomic mass is 10.1. The Kier molecular flexibility index (Phi) is 5.91. The number of carbonyl (C=O) groups is 1. The van der Waals surface area contributed by atoms with Crippen LogP contribution in [0.5, 0.6) is 0 Å². The number of hydrogen-bond donors (Lipinski definition) is 0. The molecule has 0 saturated carbocycles. The molecule has 0 bridgehead atoms. The second-order valence-electron chi connectivity index (χ2n) is 6.65. The third-order valence-electron chi connectivity index (χ3n) is 4.29. The molecular weight excluding hydrogens is 336 g/mol. The molecule has 3 rings (SSSR count). The van der Waals surface area contributed by atoms with E-state index in [1.165, 1.54) is 0 Å². The molecule has 0 saturated heterocycles. The second-order valence-corrected chi connectivity index (χ2v) is 6.65. The van der Waals surface area contributed by atoms with Crippen molar-refractivity contribution in [1.82, 2.24) is 19.9 Å². The number of aromatic nitrogens is 3. The predicted octanol–water partition coefficient (Wildman–Crippen LogP) is 4.07. The van der Waals surface area contributed by atoms with Gasteiger partial charge in [0.25, 0.3) is 5.91 Å². The van der Waals surface area contributed by atoms with E-state index in [2.05, 4.69) is 21.9 Å². The van der Waals surface area contributed by atoms with Gasteiger partial charge in [0, 0.05) is 42.8 Å². The van der Waals surface area contributed by atoms with Gasteiger partial charge in [-0.3, -0.25) is 9.78 Å². The topological polar surface area (TPSA) is 59.0 Å². The molecule has 0 spiro atoms. The molecule has 5 nitrogen and oxygen atoms in total. The van der Waals surface area contributed by atoms with E-state index in [0.29, 0.717) is 12.1 Å². The highest BCUT2D eigenvalue weighted by atomic mass is 16.2. The minimum absolute atomic E-state index is 0.0275. The molecule has 2 aromatic heterocycles. The lowest BCUT2D eigenvalue weighted by Crippen LogP contribution is -2.26. The number of hydrogen-bond acceptors (Lipinski definition) is 4. The summed E-state index contributed by atoms with van der Waals surface area (Å²) in [6, 6.07) is 13.5. The Morgan fingerprint density at radius 3 is 2.70 bits per heavy atom. The molecule has 0 radical (unpaired) electrons. The van der Waals surface area contributed by atoms with Crippen molar-refractivity contribution in [2.45, 2.75) is 33.2 Å². The van der Waals surface area contributed by atoms with Gasteiger partial charge in [-0.25, -0.2) is 9.97 Å². The van der Waals surface area contributed by atoms with E-state index >= 15 is 0 Å². The highest BCUT2D eigenvalue weighted by Gasteiger charge is 2.14. The van der Waals surface area contributed by atoms with Gasteiger partial charge < -0.3 is 4.90 Å². The zero-order valence-electron chi connectivity index (χ0n) is 16.0. The Morgan fingerprint density at radius 2 is 1.96 bits per heavy atom. The van der Waals surface area contributed by atoms with Gasteiger partial charge in [0.2, 0.25) is 0 Å². The zero-order chi connectivity index (χ0) is 19.2. The number of carbonyl (C=O) groups excluding carboxylic acids is 1. The Bertz CT molecular complexity index is 925. The maximum atomic E-state index is 12.8. The molecular formula is C22H24N4O. The molecule has 27 heavy (non-hydrogen) atoms. The maximum absolute atomic E-state index is 12.8. The summed E-state index contributed by atoms with van der Waals surface area (Å²) in [6.07, 6.45) is 5.46. The molecule has 5 heteroatoms. The average molecular weight is 360 g/mol. The van der Waals surface area contributed by atoms with Gasteiger partial charge in [0.15, 0.2) is 0 Å². The van der Waals surface area contributed by atoms with E-state index in [1.54, 1.807) is 24.3 Å². The van der Waals surface area contributed by atoms with E-state index in [0.717, 1.165) is 41.2 Å². The first-order valence-electron chi connectivity index (χ1n) is 9.16. The van der Waals surface area contributed by atoms with E-state index in [4.69, 9.17) is 0 Å². The quantitative estimate of drug-likeness (QED) is 0.665. The predicted molar refractivity (Wildman–Crippen MR) is 106 cm³/mol. The maximum Gasteiger partial charge on any atom is 0.253 e. The summed E-state index contributed by atoms with van der Waals surface area (Å²) in [4.78, 5) is 27.7. The smallest absolute Gasteiger partial charge is 0.253 e. The molecule has 0 fully saturated rings. The van der Waals surface area contributed by atoms with Crippen LogP contribution in [0.25, 0.3) is 11.3 Å². The van der Waals surface area contributed by atoms with Crippen molar-refractivity contribution in [2.75, 3.05) is 7.05 Å².